The number of carbonyl (C=O) groups is 1. The monoisotopic (exact) mass is 269 g/mol. The molecular formula is C16H19N3O. The fourth-order valence-electron chi connectivity index (χ4n) is 2.76. The molecule has 1 N–H and O–H groups in total. The second kappa shape index (κ2) is 5.49. The molecule has 1 fully saturated rings. The molecule has 0 saturated carbocycles. The highest BCUT2D eigenvalue weighted by atomic mass is 16.2. The van der Waals surface area contributed by atoms with Gasteiger partial charge in [-0.05, 0) is 31.9 Å². The first-order valence-corrected chi connectivity index (χ1v) is 7.09. The lowest BCUT2D eigenvalue weighted by Gasteiger charge is -2.32. The molecule has 1 unspecified atom stereocenters. The zero-order valence-corrected chi connectivity index (χ0v) is 11.7. The molecule has 1 aliphatic heterocycles. The van der Waals surface area contributed by atoms with Crippen molar-refractivity contribution in [1.29, 1.82) is 0 Å². The van der Waals surface area contributed by atoms with Gasteiger partial charge in [-0.3, -0.25) is 4.79 Å². The van der Waals surface area contributed by atoms with Crippen molar-refractivity contribution in [1.82, 2.24) is 14.9 Å². The lowest BCUT2D eigenvalue weighted by molar-refractivity contribution is 0.0705. The Hall–Kier alpha value is -2.10. The van der Waals surface area contributed by atoms with Gasteiger partial charge in [0.1, 0.15) is 5.82 Å². The summed E-state index contributed by atoms with van der Waals surface area (Å²) in [6.07, 6.45) is 5.74. The van der Waals surface area contributed by atoms with Gasteiger partial charge in [-0.1, -0.05) is 17.7 Å². The van der Waals surface area contributed by atoms with Crippen molar-refractivity contribution < 1.29 is 4.79 Å². The smallest absolute Gasteiger partial charge is 0.253 e. The van der Waals surface area contributed by atoms with Crippen LogP contribution in [0, 0.1) is 6.92 Å². The van der Waals surface area contributed by atoms with Crippen LogP contribution in [-0.2, 0) is 0 Å². The first-order valence-electron chi connectivity index (χ1n) is 7.09. The van der Waals surface area contributed by atoms with Crippen molar-refractivity contribution in [3.63, 3.8) is 0 Å². The molecule has 2 heterocycles. The molecule has 1 aromatic carbocycles. The molecule has 1 amide bonds. The highest BCUT2D eigenvalue weighted by Crippen LogP contribution is 2.25. The van der Waals surface area contributed by atoms with Gasteiger partial charge in [0.05, 0.1) is 0 Å². The van der Waals surface area contributed by atoms with E-state index in [1.54, 1.807) is 6.20 Å². The summed E-state index contributed by atoms with van der Waals surface area (Å²) in [6.45, 7) is 3.62. The van der Waals surface area contributed by atoms with Crippen LogP contribution in [0.5, 0.6) is 0 Å². The summed E-state index contributed by atoms with van der Waals surface area (Å²) in [7, 11) is 0. The van der Waals surface area contributed by atoms with Crippen LogP contribution in [0.15, 0.2) is 36.7 Å². The van der Waals surface area contributed by atoms with Gasteiger partial charge < -0.3 is 9.88 Å². The average Bonchev–Trinajstić information content (AvgIpc) is 3.02. The van der Waals surface area contributed by atoms with E-state index in [1.807, 2.05) is 42.3 Å². The molecule has 2 aromatic rings. The Labute approximate surface area is 118 Å². The third kappa shape index (κ3) is 2.59. The van der Waals surface area contributed by atoms with E-state index in [4.69, 9.17) is 0 Å². The zero-order valence-electron chi connectivity index (χ0n) is 11.7. The maximum absolute atomic E-state index is 12.5. The van der Waals surface area contributed by atoms with Crippen LogP contribution < -0.4 is 0 Å². The highest BCUT2D eigenvalue weighted by Gasteiger charge is 2.26. The van der Waals surface area contributed by atoms with Crippen LogP contribution in [-0.4, -0.2) is 33.9 Å². The van der Waals surface area contributed by atoms with Crippen molar-refractivity contribution in [2.45, 2.75) is 25.7 Å². The summed E-state index contributed by atoms with van der Waals surface area (Å²) in [5, 5.41) is 0. The number of imidazole rings is 1. The Morgan fingerprint density at radius 1 is 1.35 bits per heavy atom. The van der Waals surface area contributed by atoms with E-state index in [9.17, 15) is 4.79 Å². The minimum atomic E-state index is 0.126. The molecule has 0 spiro atoms. The molecule has 0 bridgehead atoms. The number of hydrogen-bond donors (Lipinski definition) is 1. The Bertz CT molecular complexity index is 574. The van der Waals surface area contributed by atoms with E-state index in [-0.39, 0.29) is 5.91 Å². The molecule has 1 saturated heterocycles. The van der Waals surface area contributed by atoms with Crippen LogP contribution in [0.2, 0.25) is 0 Å². The Balaban J connectivity index is 1.73. The summed E-state index contributed by atoms with van der Waals surface area (Å²) >= 11 is 0. The quantitative estimate of drug-likeness (QED) is 0.911. The first kappa shape index (κ1) is 12.9. The third-order valence-corrected chi connectivity index (χ3v) is 3.91. The van der Waals surface area contributed by atoms with Crippen molar-refractivity contribution in [2.75, 3.05) is 13.1 Å². The number of aromatic nitrogens is 2. The minimum Gasteiger partial charge on any atom is -0.348 e. The van der Waals surface area contributed by atoms with Crippen molar-refractivity contribution in [3.05, 3.63) is 53.6 Å². The van der Waals surface area contributed by atoms with E-state index in [1.165, 1.54) is 5.56 Å². The predicted molar refractivity (Wildman–Crippen MR) is 77.6 cm³/mol. The number of amides is 1. The zero-order chi connectivity index (χ0) is 13.9. The van der Waals surface area contributed by atoms with E-state index < -0.39 is 0 Å². The molecular weight excluding hydrogens is 250 g/mol. The van der Waals surface area contributed by atoms with Gasteiger partial charge in [-0.15, -0.1) is 0 Å². The van der Waals surface area contributed by atoms with Gasteiger partial charge in [0.25, 0.3) is 5.91 Å². The second-order valence-corrected chi connectivity index (χ2v) is 5.43. The Morgan fingerprint density at radius 2 is 2.15 bits per heavy atom. The lowest BCUT2D eigenvalue weighted by Crippen LogP contribution is -2.39. The number of nitrogens with one attached hydrogen (secondary N) is 1. The summed E-state index contributed by atoms with van der Waals surface area (Å²) in [4.78, 5) is 22.0. The maximum Gasteiger partial charge on any atom is 0.253 e. The minimum absolute atomic E-state index is 0.126. The molecule has 1 aliphatic rings. The molecule has 0 aliphatic carbocycles. The van der Waals surface area contributed by atoms with Crippen molar-refractivity contribution in [3.8, 4) is 0 Å². The van der Waals surface area contributed by atoms with Crippen LogP contribution in [0.1, 0.15) is 40.5 Å². The van der Waals surface area contributed by atoms with Crippen molar-refractivity contribution >= 4 is 5.91 Å². The standard InChI is InChI=1S/C16H19N3O/c1-12-4-6-13(7-5-12)16(20)19-10-2-3-14(11-19)15-17-8-9-18-15/h4-9,14H,2-3,10-11H2,1H3,(H,17,18). The van der Waals surface area contributed by atoms with E-state index in [0.717, 1.165) is 37.3 Å². The maximum atomic E-state index is 12.5. The van der Waals surface area contributed by atoms with E-state index >= 15 is 0 Å². The number of hydrogen-bond acceptors (Lipinski definition) is 2. The molecule has 1 atom stereocenters. The molecule has 1 aromatic heterocycles. The summed E-state index contributed by atoms with van der Waals surface area (Å²) in [6, 6.07) is 7.80. The normalized spacial score (nSPS) is 19.1. The number of aromatic amines is 1. The number of aryl methyl sites for hydroxylation is 1. The number of piperidine rings is 1. The van der Waals surface area contributed by atoms with Gasteiger partial charge >= 0.3 is 0 Å². The number of carbonyl (C=O) groups excluding carboxylic acids is 1. The fourth-order valence-corrected chi connectivity index (χ4v) is 2.76. The number of benzene rings is 1. The topological polar surface area (TPSA) is 49.0 Å². The van der Waals surface area contributed by atoms with Crippen LogP contribution in [0.3, 0.4) is 0 Å². The number of nitrogens with zero attached hydrogens (tertiary/aromatic N) is 2. The molecule has 4 heteroatoms. The van der Waals surface area contributed by atoms with E-state index in [2.05, 4.69) is 9.97 Å². The number of likely N-dealkylation sites (tertiary alicyclic amines) is 1. The lowest BCUT2D eigenvalue weighted by atomic mass is 9.96. The summed E-state index contributed by atoms with van der Waals surface area (Å²) in [5.74, 6) is 1.45. The largest absolute Gasteiger partial charge is 0.348 e. The molecule has 20 heavy (non-hydrogen) atoms. The Morgan fingerprint density at radius 3 is 2.85 bits per heavy atom. The average molecular weight is 269 g/mol. The van der Waals surface area contributed by atoms with Gasteiger partial charge in [0.15, 0.2) is 0 Å². The van der Waals surface area contributed by atoms with E-state index in [0.29, 0.717) is 5.92 Å². The SMILES string of the molecule is Cc1ccc(C(=O)N2CCCC(c3ncc[nH]3)C2)cc1. The molecule has 3 rings (SSSR count). The first-order chi connectivity index (χ1) is 9.74. The molecule has 4 nitrogen and oxygen atoms in total. The Kier molecular flexibility index (Phi) is 3.54. The van der Waals surface area contributed by atoms with Gasteiger partial charge in [0, 0.05) is 37.0 Å². The number of H-pyrrole nitrogens is 1. The molecule has 0 radical (unpaired) electrons. The van der Waals surface area contributed by atoms with Gasteiger partial charge in [-0.2, -0.15) is 0 Å². The second-order valence-electron chi connectivity index (χ2n) is 5.43. The van der Waals surface area contributed by atoms with Gasteiger partial charge in [0.2, 0.25) is 0 Å². The molecule has 104 valence electrons. The van der Waals surface area contributed by atoms with Gasteiger partial charge in [-0.25, -0.2) is 4.98 Å². The third-order valence-electron chi connectivity index (χ3n) is 3.91. The summed E-state index contributed by atoms with van der Waals surface area (Å²) < 4.78 is 0. The fraction of sp³-hybridized carbons (Fsp3) is 0.375. The number of rotatable bonds is 2. The van der Waals surface area contributed by atoms with Crippen LogP contribution in [0.25, 0.3) is 0 Å². The van der Waals surface area contributed by atoms with Crippen LogP contribution in [0.4, 0.5) is 0 Å². The predicted octanol–water partition coefficient (Wildman–Crippen LogP) is 2.74. The van der Waals surface area contributed by atoms with Crippen molar-refractivity contribution in [2.24, 2.45) is 0 Å². The summed E-state index contributed by atoms with van der Waals surface area (Å²) in [5.41, 5.74) is 1.95. The van der Waals surface area contributed by atoms with Crippen LogP contribution >= 0.6 is 0 Å². The highest BCUT2D eigenvalue weighted by molar-refractivity contribution is 5.94.